The second-order valence-electron chi connectivity index (χ2n) is 11.5. The molecule has 0 unspecified atom stereocenters. The van der Waals surface area contributed by atoms with E-state index in [0.717, 1.165) is 60.5 Å². The molecule has 0 amide bonds. The van der Waals surface area contributed by atoms with Crippen LogP contribution in [-0.4, -0.2) is 28.9 Å². The number of para-hydroxylation sites is 4. The second-order valence-corrected chi connectivity index (χ2v) is 11.5. The van der Waals surface area contributed by atoms with Gasteiger partial charge in [-0.3, -0.25) is 8.97 Å². The third-order valence-electron chi connectivity index (χ3n) is 8.94. The van der Waals surface area contributed by atoms with Crippen molar-refractivity contribution in [3.63, 3.8) is 0 Å². The Kier molecular flexibility index (Phi) is 5.19. The van der Waals surface area contributed by atoms with Gasteiger partial charge in [0, 0.05) is 38.1 Å². The minimum Gasteiger partial charge on any atom is -0.292 e. The van der Waals surface area contributed by atoms with Gasteiger partial charge in [0.1, 0.15) is 5.65 Å². The lowest BCUT2D eigenvalue weighted by Crippen LogP contribution is -2.06. The smallest absolute Gasteiger partial charge is 0.238 e. The molecule has 46 heavy (non-hydrogen) atoms. The highest BCUT2D eigenvalue weighted by Gasteiger charge is 2.22. The highest BCUT2D eigenvalue weighted by molar-refractivity contribution is 6.30. The molecule has 214 valence electrons. The summed E-state index contributed by atoms with van der Waals surface area (Å²) in [6, 6.07) is 50.2. The monoisotopic (exact) mass is 588 g/mol. The molecule has 0 saturated carbocycles. The minimum absolute atomic E-state index is 0.579. The van der Waals surface area contributed by atoms with E-state index >= 15 is 0 Å². The van der Waals surface area contributed by atoms with Gasteiger partial charge in [-0.05, 0) is 36.4 Å². The maximum atomic E-state index is 5.16. The number of fused-ring (bicyclic) bond motifs is 12. The van der Waals surface area contributed by atoms with Gasteiger partial charge in [-0.2, -0.15) is 9.97 Å². The summed E-state index contributed by atoms with van der Waals surface area (Å²) in [7, 11) is 0. The Balaban J connectivity index is 1.37. The van der Waals surface area contributed by atoms with Gasteiger partial charge in [-0.15, -0.1) is 0 Å². The van der Waals surface area contributed by atoms with Gasteiger partial charge < -0.3 is 0 Å². The van der Waals surface area contributed by atoms with Gasteiger partial charge in [-0.1, -0.05) is 109 Å². The molecule has 4 heterocycles. The Morgan fingerprint density at radius 3 is 1.63 bits per heavy atom. The van der Waals surface area contributed by atoms with E-state index in [1.54, 1.807) is 0 Å². The van der Waals surface area contributed by atoms with E-state index in [1.807, 2.05) is 66.7 Å². The summed E-state index contributed by atoms with van der Waals surface area (Å²) in [6.07, 6.45) is 0. The fourth-order valence-electron chi connectivity index (χ4n) is 6.97. The zero-order valence-corrected chi connectivity index (χ0v) is 24.5. The first kappa shape index (κ1) is 25.0. The van der Waals surface area contributed by atoms with Crippen molar-refractivity contribution in [1.29, 1.82) is 0 Å². The normalized spacial score (nSPS) is 11.9. The zero-order chi connectivity index (χ0) is 30.2. The van der Waals surface area contributed by atoms with E-state index < -0.39 is 0 Å². The lowest BCUT2D eigenvalue weighted by atomic mass is 10.00. The number of hydrogen-bond donors (Lipinski definition) is 0. The molecule has 6 aromatic carbocycles. The molecule has 0 spiro atoms. The van der Waals surface area contributed by atoms with Crippen LogP contribution in [0.3, 0.4) is 0 Å². The van der Waals surface area contributed by atoms with Gasteiger partial charge in [0.25, 0.3) is 0 Å². The van der Waals surface area contributed by atoms with Crippen molar-refractivity contribution in [1.82, 2.24) is 28.9 Å². The standard InChI is InChI=1S/C40H24N6/c1-3-13-25(14-4-1)37-42-38(26-15-5-2-6-16-26)44-40(43-37)46-32-21-11-8-18-28(32)36-34(46)24-23-29-35(36)27-17-7-10-20-31(27)45-33-22-12-9-19-30(33)41-39(29)45/h1-24H. The summed E-state index contributed by atoms with van der Waals surface area (Å²) in [4.78, 5) is 20.3. The molecular weight excluding hydrogens is 564 g/mol. The molecule has 0 atom stereocenters. The van der Waals surface area contributed by atoms with Crippen LogP contribution in [0.5, 0.6) is 0 Å². The van der Waals surface area contributed by atoms with Crippen LogP contribution in [0.15, 0.2) is 146 Å². The SMILES string of the molecule is c1ccc(-c2nc(-c3ccccc3)nc(-n3c4ccccc4c4c5c6ccccc6n6c7ccccc7nc6c5ccc43)n2)cc1. The van der Waals surface area contributed by atoms with Crippen LogP contribution >= 0.6 is 0 Å². The third-order valence-corrected chi connectivity index (χ3v) is 8.94. The predicted molar refractivity (Wildman–Crippen MR) is 186 cm³/mol. The molecule has 0 aliphatic carbocycles. The molecule has 10 rings (SSSR count). The molecule has 0 bridgehead atoms. The van der Waals surface area contributed by atoms with E-state index in [0.29, 0.717) is 17.6 Å². The molecule has 6 heteroatoms. The van der Waals surface area contributed by atoms with Crippen LogP contribution in [0.1, 0.15) is 0 Å². The topological polar surface area (TPSA) is 60.9 Å². The number of rotatable bonds is 3. The lowest BCUT2D eigenvalue weighted by molar-refractivity contribution is 0.953. The van der Waals surface area contributed by atoms with E-state index in [2.05, 4.69) is 87.8 Å². The molecule has 6 nitrogen and oxygen atoms in total. The quantitative estimate of drug-likeness (QED) is 0.193. The predicted octanol–water partition coefficient (Wildman–Crippen LogP) is 9.41. The second kappa shape index (κ2) is 9.55. The lowest BCUT2D eigenvalue weighted by Gasteiger charge is -2.12. The Morgan fingerprint density at radius 1 is 0.370 bits per heavy atom. The summed E-state index contributed by atoms with van der Waals surface area (Å²) >= 11 is 0. The van der Waals surface area contributed by atoms with Gasteiger partial charge in [0.05, 0.1) is 27.6 Å². The average Bonchev–Trinajstić information content (AvgIpc) is 3.69. The highest BCUT2D eigenvalue weighted by atomic mass is 15.2. The van der Waals surface area contributed by atoms with E-state index in [-0.39, 0.29) is 0 Å². The van der Waals surface area contributed by atoms with Crippen LogP contribution in [-0.2, 0) is 0 Å². The molecule has 0 saturated heterocycles. The Bertz CT molecular complexity index is 2740. The number of aromatic nitrogens is 6. The molecular formula is C40H24N6. The highest BCUT2D eigenvalue weighted by Crippen LogP contribution is 2.41. The van der Waals surface area contributed by atoms with Crippen molar-refractivity contribution in [3.8, 4) is 28.7 Å². The van der Waals surface area contributed by atoms with Gasteiger partial charge in [-0.25, -0.2) is 9.97 Å². The first-order valence-corrected chi connectivity index (χ1v) is 15.3. The number of benzene rings is 6. The number of nitrogens with zero attached hydrogens (tertiary/aromatic N) is 6. The van der Waals surface area contributed by atoms with Crippen molar-refractivity contribution in [2.75, 3.05) is 0 Å². The van der Waals surface area contributed by atoms with Crippen molar-refractivity contribution in [2.45, 2.75) is 0 Å². The fourth-order valence-corrected chi connectivity index (χ4v) is 6.97. The molecule has 0 fully saturated rings. The summed E-state index contributed by atoms with van der Waals surface area (Å²) < 4.78 is 4.48. The summed E-state index contributed by atoms with van der Waals surface area (Å²) in [5.74, 6) is 1.84. The molecule has 0 aliphatic heterocycles. The minimum atomic E-state index is 0.579. The largest absolute Gasteiger partial charge is 0.292 e. The first-order chi connectivity index (χ1) is 22.8. The number of hydrogen-bond acceptors (Lipinski definition) is 4. The number of imidazole rings is 1. The average molecular weight is 589 g/mol. The molecule has 10 aromatic rings. The molecule has 4 aromatic heterocycles. The van der Waals surface area contributed by atoms with Crippen LogP contribution in [0, 0.1) is 0 Å². The van der Waals surface area contributed by atoms with Crippen LogP contribution < -0.4 is 0 Å². The van der Waals surface area contributed by atoms with E-state index in [9.17, 15) is 0 Å². The van der Waals surface area contributed by atoms with Crippen molar-refractivity contribution >= 4 is 60.2 Å². The summed E-state index contributed by atoms with van der Waals surface area (Å²) in [6.45, 7) is 0. The van der Waals surface area contributed by atoms with Gasteiger partial charge in [0.2, 0.25) is 5.95 Å². The maximum absolute atomic E-state index is 5.16. The number of pyridine rings is 1. The first-order valence-electron chi connectivity index (χ1n) is 15.3. The molecule has 0 N–H and O–H groups in total. The van der Waals surface area contributed by atoms with E-state index in [1.165, 1.54) is 10.8 Å². The Labute approximate surface area is 262 Å². The summed E-state index contributed by atoms with van der Waals surface area (Å²) in [5, 5.41) is 5.74. The molecule has 0 radical (unpaired) electrons. The Morgan fingerprint density at radius 2 is 0.935 bits per heavy atom. The third kappa shape index (κ3) is 3.52. The van der Waals surface area contributed by atoms with Crippen molar-refractivity contribution in [2.24, 2.45) is 0 Å². The van der Waals surface area contributed by atoms with Crippen LogP contribution in [0.4, 0.5) is 0 Å². The fraction of sp³-hybridized carbons (Fsp3) is 0. The van der Waals surface area contributed by atoms with Gasteiger partial charge in [0.15, 0.2) is 11.6 Å². The van der Waals surface area contributed by atoms with Gasteiger partial charge >= 0.3 is 0 Å². The van der Waals surface area contributed by atoms with E-state index in [4.69, 9.17) is 19.9 Å². The van der Waals surface area contributed by atoms with Crippen LogP contribution in [0.2, 0.25) is 0 Å². The maximum Gasteiger partial charge on any atom is 0.238 e. The van der Waals surface area contributed by atoms with Crippen molar-refractivity contribution in [3.05, 3.63) is 146 Å². The molecule has 0 aliphatic rings. The zero-order valence-electron chi connectivity index (χ0n) is 24.5. The summed E-state index contributed by atoms with van der Waals surface area (Å²) in [5.41, 5.74) is 8.10. The van der Waals surface area contributed by atoms with Crippen LogP contribution in [0.25, 0.3) is 88.9 Å². The Hall–Kier alpha value is -6.40. The van der Waals surface area contributed by atoms with Crippen molar-refractivity contribution < 1.29 is 0 Å².